The van der Waals surface area contributed by atoms with Crippen molar-refractivity contribution in [1.82, 2.24) is 0 Å². The van der Waals surface area contributed by atoms with E-state index in [0.29, 0.717) is 10.6 Å². The van der Waals surface area contributed by atoms with Crippen LogP contribution in [0.4, 0.5) is 5.69 Å². The number of hydrogen-bond acceptors (Lipinski definition) is 2. The number of halogens is 1. The Labute approximate surface area is 204 Å². The molecular formula is C31H24ClNO. The lowest BCUT2D eigenvalue weighted by Crippen LogP contribution is -2.26. The SMILES string of the molecule is O=C(c1ccccc1)C(c1ccccc1)C(Nc1ccc2ccccc2c1)c1ccc(Cl)cc1. The van der Waals surface area contributed by atoms with Crippen LogP contribution in [0.2, 0.25) is 5.02 Å². The van der Waals surface area contributed by atoms with Crippen molar-refractivity contribution in [3.8, 4) is 0 Å². The van der Waals surface area contributed by atoms with Gasteiger partial charge in [0.05, 0.1) is 12.0 Å². The van der Waals surface area contributed by atoms with Crippen molar-refractivity contribution in [2.75, 3.05) is 5.32 Å². The van der Waals surface area contributed by atoms with Crippen LogP contribution in [-0.2, 0) is 0 Å². The van der Waals surface area contributed by atoms with Gasteiger partial charge in [0.1, 0.15) is 0 Å². The Morgan fingerprint density at radius 2 is 1.24 bits per heavy atom. The van der Waals surface area contributed by atoms with E-state index >= 15 is 0 Å². The summed E-state index contributed by atoms with van der Waals surface area (Å²) in [6, 6.07) is 41.5. The molecule has 0 heterocycles. The third kappa shape index (κ3) is 4.73. The third-order valence-electron chi connectivity index (χ3n) is 6.13. The lowest BCUT2D eigenvalue weighted by molar-refractivity contribution is 0.0950. The smallest absolute Gasteiger partial charge is 0.172 e. The predicted molar refractivity (Wildman–Crippen MR) is 142 cm³/mol. The molecule has 2 unspecified atom stereocenters. The van der Waals surface area contributed by atoms with E-state index in [-0.39, 0.29) is 11.8 Å². The quantitative estimate of drug-likeness (QED) is 0.247. The van der Waals surface area contributed by atoms with Crippen LogP contribution in [0.15, 0.2) is 127 Å². The molecule has 2 atom stereocenters. The highest BCUT2D eigenvalue weighted by molar-refractivity contribution is 6.30. The largest absolute Gasteiger partial charge is 0.377 e. The monoisotopic (exact) mass is 461 g/mol. The maximum atomic E-state index is 14.0. The minimum absolute atomic E-state index is 0.0695. The number of carbonyl (C=O) groups is 1. The van der Waals surface area contributed by atoms with E-state index in [1.54, 1.807) is 0 Å². The first-order valence-corrected chi connectivity index (χ1v) is 11.7. The number of hydrogen-bond donors (Lipinski definition) is 1. The van der Waals surface area contributed by atoms with Crippen molar-refractivity contribution >= 4 is 33.8 Å². The molecule has 0 radical (unpaired) electrons. The first-order valence-electron chi connectivity index (χ1n) is 11.3. The minimum atomic E-state index is -0.434. The number of nitrogens with one attached hydrogen (secondary N) is 1. The van der Waals surface area contributed by atoms with Gasteiger partial charge in [-0.1, -0.05) is 115 Å². The molecule has 0 aliphatic carbocycles. The predicted octanol–water partition coefficient (Wildman–Crippen LogP) is 8.31. The lowest BCUT2D eigenvalue weighted by atomic mass is 9.81. The highest BCUT2D eigenvalue weighted by Gasteiger charge is 2.32. The lowest BCUT2D eigenvalue weighted by Gasteiger charge is -2.29. The molecule has 0 amide bonds. The van der Waals surface area contributed by atoms with Gasteiger partial charge >= 0.3 is 0 Å². The van der Waals surface area contributed by atoms with Gasteiger partial charge in [0.2, 0.25) is 0 Å². The molecule has 0 bridgehead atoms. The maximum Gasteiger partial charge on any atom is 0.172 e. The number of Topliss-reactive ketones (excluding diaryl/α,β-unsaturated/α-hetero) is 1. The Morgan fingerprint density at radius 1 is 0.618 bits per heavy atom. The second kappa shape index (κ2) is 9.94. The van der Waals surface area contributed by atoms with Crippen LogP contribution in [0, 0.1) is 0 Å². The summed E-state index contributed by atoms with van der Waals surface area (Å²) in [5.41, 5.74) is 3.61. The van der Waals surface area contributed by atoms with Crippen LogP contribution in [0.25, 0.3) is 10.8 Å². The molecule has 0 saturated heterocycles. The van der Waals surface area contributed by atoms with E-state index in [1.165, 1.54) is 5.39 Å². The van der Waals surface area contributed by atoms with Gasteiger partial charge in [-0.3, -0.25) is 4.79 Å². The standard InChI is InChI=1S/C31H24ClNO/c32-27-18-15-24(16-19-27)30(33-28-20-17-22-9-7-8-14-26(22)21-28)29(23-10-3-1-4-11-23)31(34)25-12-5-2-6-13-25/h1-21,29-30,33H. The molecule has 5 aromatic carbocycles. The van der Waals surface area contributed by atoms with Gasteiger partial charge in [-0.05, 0) is 46.2 Å². The summed E-state index contributed by atoms with van der Waals surface area (Å²) in [6.45, 7) is 0. The van der Waals surface area contributed by atoms with Crippen LogP contribution >= 0.6 is 11.6 Å². The summed E-state index contributed by atoms with van der Waals surface area (Å²) in [7, 11) is 0. The highest BCUT2D eigenvalue weighted by atomic mass is 35.5. The van der Waals surface area contributed by atoms with Crippen molar-refractivity contribution in [3.05, 3.63) is 149 Å². The highest BCUT2D eigenvalue weighted by Crippen LogP contribution is 2.37. The molecule has 0 aliphatic heterocycles. The average Bonchev–Trinajstić information content (AvgIpc) is 2.90. The fraction of sp³-hybridized carbons (Fsp3) is 0.0645. The van der Waals surface area contributed by atoms with Crippen LogP contribution < -0.4 is 5.32 Å². The molecule has 0 fully saturated rings. The van der Waals surface area contributed by atoms with Crippen molar-refractivity contribution in [1.29, 1.82) is 0 Å². The first-order chi connectivity index (χ1) is 16.7. The number of rotatable bonds is 7. The minimum Gasteiger partial charge on any atom is -0.377 e. The van der Waals surface area contributed by atoms with Crippen LogP contribution in [0.3, 0.4) is 0 Å². The van der Waals surface area contributed by atoms with Gasteiger partial charge in [-0.25, -0.2) is 0 Å². The van der Waals surface area contributed by atoms with E-state index in [0.717, 1.165) is 22.2 Å². The summed E-state index contributed by atoms with van der Waals surface area (Å²) >= 11 is 6.21. The zero-order chi connectivity index (χ0) is 23.3. The van der Waals surface area contributed by atoms with Crippen molar-refractivity contribution in [3.63, 3.8) is 0 Å². The third-order valence-corrected chi connectivity index (χ3v) is 6.39. The number of carbonyl (C=O) groups excluding carboxylic acids is 1. The number of ketones is 1. The molecule has 3 heteroatoms. The van der Waals surface area contributed by atoms with Crippen LogP contribution in [-0.4, -0.2) is 5.78 Å². The number of benzene rings is 5. The Balaban J connectivity index is 1.63. The van der Waals surface area contributed by atoms with Gasteiger partial charge in [-0.2, -0.15) is 0 Å². The van der Waals surface area contributed by atoms with E-state index in [4.69, 9.17) is 11.6 Å². The molecule has 1 N–H and O–H groups in total. The van der Waals surface area contributed by atoms with Crippen LogP contribution in [0.5, 0.6) is 0 Å². The number of fused-ring (bicyclic) bond motifs is 1. The molecule has 0 aliphatic rings. The molecule has 5 rings (SSSR count). The molecule has 34 heavy (non-hydrogen) atoms. The van der Waals surface area contributed by atoms with Crippen molar-refractivity contribution in [2.45, 2.75) is 12.0 Å². The van der Waals surface area contributed by atoms with Gasteiger partial charge in [-0.15, -0.1) is 0 Å². The van der Waals surface area contributed by atoms with Gasteiger partial charge < -0.3 is 5.32 Å². The Morgan fingerprint density at radius 3 is 1.94 bits per heavy atom. The number of anilines is 1. The van der Waals surface area contributed by atoms with E-state index in [9.17, 15) is 4.79 Å². The zero-order valence-corrected chi connectivity index (χ0v) is 19.3. The average molecular weight is 462 g/mol. The molecule has 0 spiro atoms. The molecular weight excluding hydrogens is 438 g/mol. The van der Waals surface area contributed by atoms with E-state index in [2.05, 4.69) is 35.6 Å². The fourth-order valence-electron chi connectivity index (χ4n) is 4.43. The first kappa shape index (κ1) is 21.9. The topological polar surface area (TPSA) is 29.1 Å². The second-order valence-corrected chi connectivity index (χ2v) is 8.79. The van der Waals surface area contributed by atoms with E-state index in [1.807, 2.05) is 97.1 Å². The summed E-state index contributed by atoms with van der Waals surface area (Å²) < 4.78 is 0. The molecule has 2 nitrogen and oxygen atoms in total. The molecule has 0 aromatic heterocycles. The summed E-state index contributed by atoms with van der Waals surface area (Å²) in [6.07, 6.45) is 0. The fourth-order valence-corrected chi connectivity index (χ4v) is 4.55. The molecule has 5 aromatic rings. The van der Waals surface area contributed by atoms with Crippen LogP contribution in [0.1, 0.15) is 33.4 Å². The van der Waals surface area contributed by atoms with Gasteiger partial charge in [0, 0.05) is 16.3 Å². The Kier molecular flexibility index (Phi) is 6.42. The Hall–Kier alpha value is -3.88. The maximum absolute atomic E-state index is 14.0. The Bertz CT molecular complexity index is 1400. The molecule has 0 saturated carbocycles. The normalized spacial score (nSPS) is 12.7. The summed E-state index contributed by atoms with van der Waals surface area (Å²) in [4.78, 5) is 14.0. The van der Waals surface area contributed by atoms with E-state index < -0.39 is 5.92 Å². The second-order valence-electron chi connectivity index (χ2n) is 8.35. The van der Waals surface area contributed by atoms with Gasteiger partial charge in [0.15, 0.2) is 5.78 Å². The van der Waals surface area contributed by atoms with Crippen molar-refractivity contribution in [2.24, 2.45) is 0 Å². The summed E-state index contributed by atoms with van der Waals surface area (Å²) in [5.74, 6) is -0.365. The zero-order valence-electron chi connectivity index (χ0n) is 18.6. The molecule has 166 valence electrons. The van der Waals surface area contributed by atoms with Gasteiger partial charge in [0.25, 0.3) is 0 Å². The summed E-state index contributed by atoms with van der Waals surface area (Å²) in [5, 5.41) is 6.68. The van der Waals surface area contributed by atoms with Crippen molar-refractivity contribution < 1.29 is 4.79 Å².